The van der Waals surface area contributed by atoms with Crippen LogP contribution in [0.5, 0.6) is 11.5 Å². The third kappa shape index (κ3) is 6.06. The molecular weight excluding hydrogens is 394 g/mol. The Balaban J connectivity index is 2.14. The van der Waals surface area contributed by atoms with E-state index in [0.717, 1.165) is 29.5 Å². The lowest BCUT2D eigenvalue weighted by Crippen LogP contribution is -2.14. The number of benzene rings is 2. The molecule has 1 atom stereocenters. The van der Waals surface area contributed by atoms with Gasteiger partial charge in [-0.1, -0.05) is 42.3 Å². The lowest BCUT2D eigenvalue weighted by molar-refractivity contribution is 0.102. The molecule has 0 spiro atoms. The van der Waals surface area contributed by atoms with Crippen molar-refractivity contribution in [3.05, 3.63) is 52.5 Å². The summed E-state index contributed by atoms with van der Waals surface area (Å²) < 4.78 is 12.4. The summed E-state index contributed by atoms with van der Waals surface area (Å²) in [5.41, 5.74) is 1.19. The van der Waals surface area contributed by atoms with E-state index in [0.29, 0.717) is 23.6 Å². The molecule has 2 rings (SSSR count). The number of carbonyl (C=O) groups is 1. The van der Waals surface area contributed by atoms with Crippen molar-refractivity contribution in [2.24, 2.45) is 0 Å². The van der Waals surface area contributed by atoms with Crippen LogP contribution in [0.2, 0.25) is 0 Å². The number of ether oxygens (including phenoxy) is 2. The zero-order chi connectivity index (χ0) is 18.9. The van der Waals surface area contributed by atoms with Gasteiger partial charge in [0.15, 0.2) is 0 Å². The van der Waals surface area contributed by atoms with Gasteiger partial charge in [-0.2, -0.15) is 0 Å². The molecule has 5 heteroatoms. The Morgan fingerprint density at radius 3 is 2.73 bits per heavy atom. The van der Waals surface area contributed by atoms with Gasteiger partial charge in [0.05, 0.1) is 18.3 Å². The quantitative estimate of drug-likeness (QED) is 0.502. The Morgan fingerprint density at radius 2 is 2.00 bits per heavy atom. The lowest BCUT2D eigenvalue weighted by atomic mass is 10.1. The minimum atomic E-state index is -0.210. The summed E-state index contributed by atoms with van der Waals surface area (Å²) >= 11 is 3.42. The first-order chi connectivity index (χ1) is 12.5. The summed E-state index contributed by atoms with van der Waals surface area (Å²) in [5.74, 6) is 1.12. The fourth-order valence-electron chi connectivity index (χ4n) is 2.29. The van der Waals surface area contributed by atoms with Crippen LogP contribution in [0.4, 0.5) is 5.69 Å². The number of hydrogen-bond donors (Lipinski definition) is 1. The fourth-order valence-corrected chi connectivity index (χ4v) is 2.65. The normalized spacial score (nSPS) is 11.7. The molecule has 1 N–H and O–H groups in total. The summed E-state index contributed by atoms with van der Waals surface area (Å²) in [4.78, 5) is 12.8. The molecule has 1 amide bonds. The third-order valence-corrected chi connectivity index (χ3v) is 4.44. The molecule has 0 aromatic heterocycles. The van der Waals surface area contributed by atoms with E-state index in [1.165, 1.54) is 0 Å². The maximum atomic E-state index is 12.8. The molecule has 0 aliphatic carbocycles. The minimum absolute atomic E-state index is 0.129. The molecule has 1 unspecified atom stereocenters. The number of hydrogen-bond acceptors (Lipinski definition) is 3. The van der Waals surface area contributed by atoms with Gasteiger partial charge in [0.2, 0.25) is 0 Å². The van der Waals surface area contributed by atoms with Crippen molar-refractivity contribution >= 4 is 27.5 Å². The molecule has 0 radical (unpaired) electrons. The van der Waals surface area contributed by atoms with Crippen LogP contribution in [0.25, 0.3) is 0 Å². The van der Waals surface area contributed by atoms with Crippen molar-refractivity contribution in [3.8, 4) is 11.5 Å². The Bertz CT molecular complexity index is 733. The smallest absolute Gasteiger partial charge is 0.259 e. The minimum Gasteiger partial charge on any atom is -0.493 e. The van der Waals surface area contributed by atoms with Crippen molar-refractivity contribution in [2.75, 3.05) is 11.9 Å². The van der Waals surface area contributed by atoms with E-state index in [1.54, 1.807) is 6.07 Å². The average Bonchev–Trinajstić information content (AvgIpc) is 2.63. The second-order valence-electron chi connectivity index (χ2n) is 6.16. The number of amides is 1. The van der Waals surface area contributed by atoms with E-state index in [1.807, 2.05) is 43.3 Å². The van der Waals surface area contributed by atoms with Gasteiger partial charge in [0, 0.05) is 16.2 Å². The van der Waals surface area contributed by atoms with Crippen LogP contribution in [0, 0.1) is 0 Å². The lowest BCUT2D eigenvalue weighted by Gasteiger charge is -2.15. The largest absolute Gasteiger partial charge is 0.493 e. The van der Waals surface area contributed by atoms with Crippen LogP contribution in [-0.4, -0.2) is 18.6 Å². The number of carbonyl (C=O) groups excluding carboxylic acids is 1. The zero-order valence-corrected chi connectivity index (χ0v) is 17.1. The standard InChI is InChI=1S/C21H26BrNO3/c1-4-6-12-25-20-11-10-16(22)13-19(20)21(24)23-17-8-7-9-18(14-17)26-15(3)5-2/h7-11,13-15H,4-6,12H2,1-3H3,(H,23,24). The monoisotopic (exact) mass is 419 g/mol. The number of rotatable bonds is 9. The first-order valence-electron chi connectivity index (χ1n) is 9.03. The first-order valence-corrected chi connectivity index (χ1v) is 9.83. The number of anilines is 1. The Hall–Kier alpha value is -2.01. The Kier molecular flexibility index (Phi) is 7.98. The highest BCUT2D eigenvalue weighted by atomic mass is 79.9. The Morgan fingerprint density at radius 1 is 1.19 bits per heavy atom. The van der Waals surface area contributed by atoms with Gasteiger partial charge in [0.25, 0.3) is 5.91 Å². The van der Waals surface area contributed by atoms with Gasteiger partial charge in [-0.05, 0) is 50.1 Å². The van der Waals surface area contributed by atoms with E-state index in [4.69, 9.17) is 9.47 Å². The van der Waals surface area contributed by atoms with Crippen molar-refractivity contribution in [1.29, 1.82) is 0 Å². The molecule has 2 aromatic rings. The number of halogens is 1. The van der Waals surface area contributed by atoms with Crippen LogP contribution >= 0.6 is 15.9 Å². The molecule has 0 aliphatic heterocycles. The van der Waals surface area contributed by atoms with Crippen LogP contribution in [0.3, 0.4) is 0 Å². The summed E-state index contributed by atoms with van der Waals surface area (Å²) in [6, 6.07) is 12.9. The molecule has 2 aromatic carbocycles. The molecular formula is C21H26BrNO3. The highest BCUT2D eigenvalue weighted by Gasteiger charge is 2.14. The van der Waals surface area contributed by atoms with Crippen molar-refractivity contribution < 1.29 is 14.3 Å². The predicted octanol–water partition coefficient (Wildman–Crippen LogP) is 6.06. The van der Waals surface area contributed by atoms with E-state index in [2.05, 4.69) is 35.1 Å². The van der Waals surface area contributed by atoms with E-state index in [-0.39, 0.29) is 12.0 Å². The highest BCUT2D eigenvalue weighted by molar-refractivity contribution is 9.10. The SMILES string of the molecule is CCCCOc1ccc(Br)cc1C(=O)Nc1cccc(OC(C)CC)c1. The van der Waals surface area contributed by atoms with Crippen LogP contribution < -0.4 is 14.8 Å². The summed E-state index contributed by atoms with van der Waals surface area (Å²) in [6.45, 7) is 6.79. The molecule has 4 nitrogen and oxygen atoms in total. The highest BCUT2D eigenvalue weighted by Crippen LogP contribution is 2.26. The van der Waals surface area contributed by atoms with Crippen LogP contribution in [0.1, 0.15) is 50.4 Å². The fraction of sp³-hybridized carbons (Fsp3) is 0.381. The van der Waals surface area contributed by atoms with Gasteiger partial charge in [-0.25, -0.2) is 0 Å². The van der Waals surface area contributed by atoms with Crippen LogP contribution in [-0.2, 0) is 0 Å². The van der Waals surface area contributed by atoms with Crippen molar-refractivity contribution in [2.45, 2.75) is 46.1 Å². The average molecular weight is 420 g/mol. The third-order valence-electron chi connectivity index (χ3n) is 3.95. The van der Waals surface area contributed by atoms with E-state index in [9.17, 15) is 4.79 Å². The molecule has 0 bridgehead atoms. The van der Waals surface area contributed by atoms with Crippen molar-refractivity contribution in [1.82, 2.24) is 0 Å². The summed E-state index contributed by atoms with van der Waals surface area (Å²) in [7, 11) is 0. The second-order valence-corrected chi connectivity index (χ2v) is 7.08. The van der Waals surface area contributed by atoms with Gasteiger partial charge < -0.3 is 14.8 Å². The molecule has 140 valence electrons. The molecule has 0 aliphatic rings. The summed E-state index contributed by atoms with van der Waals surface area (Å²) in [5, 5.41) is 2.93. The predicted molar refractivity (Wildman–Crippen MR) is 109 cm³/mol. The van der Waals surface area contributed by atoms with E-state index >= 15 is 0 Å². The maximum absolute atomic E-state index is 12.8. The zero-order valence-electron chi connectivity index (χ0n) is 15.5. The van der Waals surface area contributed by atoms with Gasteiger partial charge >= 0.3 is 0 Å². The van der Waals surface area contributed by atoms with Gasteiger partial charge in [-0.15, -0.1) is 0 Å². The van der Waals surface area contributed by atoms with Gasteiger partial charge in [0.1, 0.15) is 11.5 Å². The molecule has 0 saturated heterocycles. The molecule has 0 heterocycles. The topological polar surface area (TPSA) is 47.6 Å². The van der Waals surface area contributed by atoms with Gasteiger partial charge in [-0.3, -0.25) is 4.79 Å². The van der Waals surface area contributed by atoms with Crippen LogP contribution in [0.15, 0.2) is 46.9 Å². The molecule has 0 fully saturated rings. The number of unbranched alkanes of at least 4 members (excludes halogenated alkanes) is 1. The number of nitrogens with one attached hydrogen (secondary N) is 1. The second kappa shape index (κ2) is 10.2. The molecule has 0 saturated carbocycles. The summed E-state index contributed by atoms with van der Waals surface area (Å²) in [6.07, 6.45) is 3.05. The van der Waals surface area contributed by atoms with E-state index < -0.39 is 0 Å². The molecule has 26 heavy (non-hydrogen) atoms. The van der Waals surface area contributed by atoms with Crippen molar-refractivity contribution in [3.63, 3.8) is 0 Å². The maximum Gasteiger partial charge on any atom is 0.259 e. The Labute approximate surface area is 164 Å². The first kappa shape index (κ1) is 20.3.